The Labute approximate surface area is 133 Å². The molecule has 1 heterocycles. The molecule has 0 aliphatic heterocycles. The van der Waals surface area contributed by atoms with Gasteiger partial charge in [-0.05, 0) is 36.8 Å². The minimum Gasteiger partial charge on any atom is -0.362 e. The molecule has 2 N–H and O–H groups in total. The van der Waals surface area contributed by atoms with Crippen LogP contribution in [0.4, 0.5) is 5.69 Å². The van der Waals surface area contributed by atoms with Crippen molar-refractivity contribution in [1.29, 1.82) is 0 Å². The van der Waals surface area contributed by atoms with E-state index >= 15 is 0 Å². The van der Waals surface area contributed by atoms with E-state index in [1.54, 1.807) is 12.3 Å². The van der Waals surface area contributed by atoms with Gasteiger partial charge in [-0.1, -0.05) is 29.3 Å². The molecule has 0 aliphatic rings. The van der Waals surface area contributed by atoms with E-state index in [1.807, 2.05) is 29.1 Å². The van der Waals surface area contributed by atoms with Crippen molar-refractivity contribution in [3.8, 4) is 0 Å². The van der Waals surface area contributed by atoms with Crippen LogP contribution in [0.1, 0.15) is 6.42 Å². The summed E-state index contributed by atoms with van der Waals surface area (Å²) in [5.74, 6) is 0. The van der Waals surface area contributed by atoms with Gasteiger partial charge in [0.1, 0.15) is 0 Å². The molecule has 0 saturated heterocycles. The van der Waals surface area contributed by atoms with E-state index in [9.17, 15) is 0 Å². The Morgan fingerprint density at radius 3 is 2.90 bits per heavy atom. The second-order valence-corrected chi connectivity index (χ2v) is 5.30. The molecule has 4 nitrogen and oxygen atoms in total. The molecular formula is C13H14Cl2N4S. The molecule has 106 valence electrons. The van der Waals surface area contributed by atoms with Crippen LogP contribution in [0.2, 0.25) is 10.0 Å². The first kappa shape index (κ1) is 15.1. The quantitative estimate of drug-likeness (QED) is 0.650. The number of aryl methyl sites for hydroxylation is 1. The number of rotatable bonds is 5. The maximum atomic E-state index is 6.07. The van der Waals surface area contributed by atoms with Crippen molar-refractivity contribution in [3.05, 3.63) is 46.7 Å². The Balaban J connectivity index is 1.74. The van der Waals surface area contributed by atoms with Gasteiger partial charge in [-0.15, -0.1) is 0 Å². The van der Waals surface area contributed by atoms with Gasteiger partial charge in [0.15, 0.2) is 5.11 Å². The maximum absolute atomic E-state index is 6.07. The Hall–Kier alpha value is -1.30. The van der Waals surface area contributed by atoms with Gasteiger partial charge in [-0.2, -0.15) is 5.10 Å². The van der Waals surface area contributed by atoms with E-state index in [0.717, 1.165) is 19.5 Å². The van der Waals surface area contributed by atoms with Crippen molar-refractivity contribution in [2.24, 2.45) is 0 Å². The van der Waals surface area contributed by atoms with Crippen LogP contribution < -0.4 is 10.6 Å². The normalized spacial score (nSPS) is 10.3. The summed E-state index contributed by atoms with van der Waals surface area (Å²) in [4.78, 5) is 0. The van der Waals surface area contributed by atoms with Gasteiger partial charge in [-0.25, -0.2) is 0 Å². The molecular weight excluding hydrogens is 315 g/mol. The predicted molar refractivity (Wildman–Crippen MR) is 87.5 cm³/mol. The maximum Gasteiger partial charge on any atom is 0.170 e. The third-order valence-corrected chi connectivity index (χ3v) is 3.67. The fourth-order valence-electron chi connectivity index (χ4n) is 1.64. The molecule has 2 rings (SSSR count). The summed E-state index contributed by atoms with van der Waals surface area (Å²) in [5, 5.41) is 11.8. The zero-order valence-electron chi connectivity index (χ0n) is 10.6. The molecule has 1 aromatic carbocycles. The standard InChI is InChI=1S/C13H14Cl2N4S/c14-10-4-1-5-11(12(10)15)18-13(20)16-6-2-8-19-9-3-7-17-19/h1,3-5,7,9H,2,6,8H2,(H2,16,18,20). The van der Waals surface area contributed by atoms with Crippen molar-refractivity contribution in [1.82, 2.24) is 15.1 Å². The van der Waals surface area contributed by atoms with E-state index in [1.165, 1.54) is 0 Å². The van der Waals surface area contributed by atoms with Gasteiger partial charge >= 0.3 is 0 Å². The number of anilines is 1. The molecule has 2 aromatic rings. The first-order valence-corrected chi connectivity index (χ1v) is 7.29. The molecule has 0 unspecified atom stereocenters. The molecule has 20 heavy (non-hydrogen) atoms. The van der Waals surface area contributed by atoms with Crippen LogP contribution in [0, 0.1) is 0 Å². The van der Waals surface area contributed by atoms with E-state index in [2.05, 4.69) is 15.7 Å². The molecule has 0 aliphatic carbocycles. The minimum absolute atomic E-state index is 0.467. The fourth-order valence-corrected chi connectivity index (χ4v) is 2.20. The molecule has 0 radical (unpaired) electrons. The van der Waals surface area contributed by atoms with Crippen molar-refractivity contribution >= 4 is 46.2 Å². The van der Waals surface area contributed by atoms with Gasteiger partial charge in [0, 0.05) is 25.5 Å². The lowest BCUT2D eigenvalue weighted by atomic mass is 10.3. The highest BCUT2D eigenvalue weighted by molar-refractivity contribution is 7.80. The molecule has 0 amide bonds. The largest absolute Gasteiger partial charge is 0.362 e. The molecule has 1 aromatic heterocycles. The number of thiocarbonyl (C=S) groups is 1. The molecule has 7 heteroatoms. The molecule has 0 atom stereocenters. The van der Waals surface area contributed by atoms with Crippen molar-refractivity contribution in [2.45, 2.75) is 13.0 Å². The number of aromatic nitrogens is 2. The van der Waals surface area contributed by atoms with Crippen LogP contribution in [0.15, 0.2) is 36.7 Å². The average Bonchev–Trinajstić information content (AvgIpc) is 2.93. The zero-order valence-corrected chi connectivity index (χ0v) is 13.0. The van der Waals surface area contributed by atoms with Crippen LogP contribution in [0.5, 0.6) is 0 Å². The first-order valence-electron chi connectivity index (χ1n) is 6.13. The highest BCUT2D eigenvalue weighted by atomic mass is 35.5. The van der Waals surface area contributed by atoms with Gasteiger partial charge in [0.2, 0.25) is 0 Å². The number of nitrogens with zero attached hydrogens (tertiary/aromatic N) is 2. The Bertz CT molecular complexity index is 572. The summed E-state index contributed by atoms with van der Waals surface area (Å²) in [7, 11) is 0. The molecule has 0 saturated carbocycles. The zero-order chi connectivity index (χ0) is 14.4. The Kier molecular flexibility index (Phi) is 5.64. The van der Waals surface area contributed by atoms with Crippen molar-refractivity contribution in [3.63, 3.8) is 0 Å². The van der Waals surface area contributed by atoms with Crippen LogP contribution in [0.3, 0.4) is 0 Å². The molecule has 0 spiro atoms. The van der Waals surface area contributed by atoms with Crippen LogP contribution >= 0.6 is 35.4 Å². The number of halogens is 2. The first-order chi connectivity index (χ1) is 9.66. The molecule has 0 bridgehead atoms. The van der Waals surface area contributed by atoms with Gasteiger partial charge < -0.3 is 10.6 Å². The van der Waals surface area contributed by atoms with E-state index in [4.69, 9.17) is 35.4 Å². The second-order valence-electron chi connectivity index (χ2n) is 4.10. The van der Waals surface area contributed by atoms with Crippen LogP contribution in [-0.2, 0) is 6.54 Å². The van der Waals surface area contributed by atoms with Crippen LogP contribution in [-0.4, -0.2) is 21.4 Å². The topological polar surface area (TPSA) is 41.9 Å². The van der Waals surface area contributed by atoms with Gasteiger partial charge in [0.05, 0.1) is 15.7 Å². The lowest BCUT2D eigenvalue weighted by molar-refractivity contribution is 0.574. The fraction of sp³-hybridized carbons (Fsp3) is 0.231. The third-order valence-electron chi connectivity index (χ3n) is 2.61. The highest BCUT2D eigenvalue weighted by Crippen LogP contribution is 2.29. The summed E-state index contributed by atoms with van der Waals surface area (Å²) in [6, 6.07) is 7.28. The Morgan fingerprint density at radius 2 is 2.15 bits per heavy atom. The second kappa shape index (κ2) is 7.47. The Morgan fingerprint density at radius 1 is 1.30 bits per heavy atom. The third kappa shape index (κ3) is 4.37. The highest BCUT2D eigenvalue weighted by Gasteiger charge is 2.05. The van der Waals surface area contributed by atoms with Gasteiger partial charge in [-0.3, -0.25) is 4.68 Å². The lowest BCUT2D eigenvalue weighted by Gasteiger charge is -2.12. The monoisotopic (exact) mass is 328 g/mol. The number of hydrogen-bond donors (Lipinski definition) is 2. The SMILES string of the molecule is S=C(NCCCn1cccn1)Nc1cccc(Cl)c1Cl. The van der Waals surface area contributed by atoms with E-state index < -0.39 is 0 Å². The summed E-state index contributed by atoms with van der Waals surface area (Å²) >= 11 is 17.2. The summed E-state index contributed by atoms with van der Waals surface area (Å²) in [6.45, 7) is 1.60. The predicted octanol–water partition coefficient (Wildman–Crippen LogP) is 3.57. The van der Waals surface area contributed by atoms with Crippen LogP contribution in [0.25, 0.3) is 0 Å². The summed E-state index contributed by atoms with van der Waals surface area (Å²) < 4.78 is 1.88. The minimum atomic E-state index is 0.467. The van der Waals surface area contributed by atoms with Crippen molar-refractivity contribution < 1.29 is 0 Å². The number of benzene rings is 1. The number of hydrogen-bond acceptors (Lipinski definition) is 2. The molecule has 0 fully saturated rings. The lowest BCUT2D eigenvalue weighted by Crippen LogP contribution is -2.29. The summed E-state index contributed by atoms with van der Waals surface area (Å²) in [5.41, 5.74) is 0.698. The average molecular weight is 329 g/mol. The van der Waals surface area contributed by atoms with E-state index in [-0.39, 0.29) is 0 Å². The summed E-state index contributed by atoms with van der Waals surface area (Å²) in [6.07, 6.45) is 4.62. The van der Waals surface area contributed by atoms with E-state index in [0.29, 0.717) is 20.8 Å². The van der Waals surface area contributed by atoms with Crippen molar-refractivity contribution in [2.75, 3.05) is 11.9 Å². The smallest absolute Gasteiger partial charge is 0.170 e. The number of nitrogens with one attached hydrogen (secondary N) is 2. The van der Waals surface area contributed by atoms with Gasteiger partial charge in [0.25, 0.3) is 0 Å².